The minimum absolute atomic E-state index is 0.371. The van der Waals surface area contributed by atoms with Crippen LogP contribution in [-0.2, 0) is 11.2 Å². The summed E-state index contributed by atoms with van der Waals surface area (Å²) in [7, 11) is 1.49. The smallest absolute Gasteiger partial charge is 0.326 e. The summed E-state index contributed by atoms with van der Waals surface area (Å²) in [6.07, 6.45) is 1.04. The Labute approximate surface area is 123 Å². The topological polar surface area (TPSA) is 69.6 Å². The van der Waals surface area contributed by atoms with Crippen molar-refractivity contribution in [3.8, 4) is 0 Å². The van der Waals surface area contributed by atoms with Crippen LogP contribution in [0.1, 0.15) is 18.9 Å². The molecular formula is C14H19ClN2O3. The minimum Gasteiger partial charge on any atom is -0.480 e. The predicted octanol–water partition coefficient (Wildman–Crippen LogP) is 2.39. The van der Waals surface area contributed by atoms with Gasteiger partial charge >= 0.3 is 12.0 Å². The van der Waals surface area contributed by atoms with E-state index in [1.54, 1.807) is 19.1 Å². The Kier molecular flexibility index (Phi) is 6.31. The predicted molar refractivity (Wildman–Crippen MR) is 78.0 cm³/mol. The maximum Gasteiger partial charge on any atom is 0.326 e. The van der Waals surface area contributed by atoms with E-state index in [1.165, 1.54) is 11.9 Å². The van der Waals surface area contributed by atoms with Crippen molar-refractivity contribution in [3.63, 3.8) is 0 Å². The zero-order valence-electron chi connectivity index (χ0n) is 11.6. The van der Waals surface area contributed by atoms with Gasteiger partial charge in [0.1, 0.15) is 6.04 Å². The molecule has 6 heteroatoms. The van der Waals surface area contributed by atoms with Gasteiger partial charge in [-0.15, -0.1) is 0 Å². The van der Waals surface area contributed by atoms with E-state index in [0.29, 0.717) is 24.4 Å². The first-order valence-electron chi connectivity index (χ1n) is 6.43. The number of carbonyl (C=O) groups excluding carboxylic acids is 1. The number of urea groups is 1. The Bertz CT molecular complexity index is 462. The van der Waals surface area contributed by atoms with Crippen LogP contribution in [-0.4, -0.2) is 41.6 Å². The van der Waals surface area contributed by atoms with E-state index in [2.05, 4.69) is 5.32 Å². The lowest BCUT2D eigenvalue weighted by molar-refractivity contribution is -0.141. The third-order valence-corrected chi connectivity index (χ3v) is 3.31. The summed E-state index contributed by atoms with van der Waals surface area (Å²) in [6.45, 7) is 2.18. The molecule has 20 heavy (non-hydrogen) atoms. The maximum absolute atomic E-state index is 11.8. The second kappa shape index (κ2) is 7.75. The first-order valence-corrected chi connectivity index (χ1v) is 6.81. The van der Waals surface area contributed by atoms with E-state index in [9.17, 15) is 9.59 Å². The third kappa shape index (κ3) is 4.74. The van der Waals surface area contributed by atoms with E-state index < -0.39 is 12.0 Å². The average molecular weight is 299 g/mol. The van der Waals surface area contributed by atoms with Crippen LogP contribution < -0.4 is 5.32 Å². The summed E-state index contributed by atoms with van der Waals surface area (Å²) in [5.41, 5.74) is 1.06. The summed E-state index contributed by atoms with van der Waals surface area (Å²) in [6, 6.07) is 6.19. The van der Waals surface area contributed by atoms with E-state index >= 15 is 0 Å². The van der Waals surface area contributed by atoms with Gasteiger partial charge in [0.25, 0.3) is 0 Å². The number of hydrogen-bond acceptors (Lipinski definition) is 2. The first-order chi connectivity index (χ1) is 9.45. The monoisotopic (exact) mass is 298 g/mol. The van der Waals surface area contributed by atoms with Crippen LogP contribution in [0.5, 0.6) is 0 Å². The van der Waals surface area contributed by atoms with Crippen molar-refractivity contribution in [2.75, 3.05) is 13.6 Å². The van der Waals surface area contributed by atoms with Crippen LogP contribution in [0.2, 0.25) is 5.02 Å². The molecule has 1 aromatic carbocycles. The molecule has 0 saturated heterocycles. The molecule has 0 aliphatic heterocycles. The molecule has 0 spiro atoms. The van der Waals surface area contributed by atoms with Crippen molar-refractivity contribution in [3.05, 3.63) is 34.9 Å². The molecule has 110 valence electrons. The lowest BCUT2D eigenvalue weighted by Crippen LogP contribution is -2.47. The Morgan fingerprint density at radius 2 is 1.95 bits per heavy atom. The van der Waals surface area contributed by atoms with Gasteiger partial charge in [-0.05, 0) is 30.5 Å². The van der Waals surface area contributed by atoms with Crippen molar-refractivity contribution >= 4 is 23.6 Å². The Morgan fingerprint density at radius 3 is 2.45 bits per heavy atom. The number of benzene rings is 1. The van der Waals surface area contributed by atoms with Gasteiger partial charge in [-0.3, -0.25) is 0 Å². The highest BCUT2D eigenvalue weighted by molar-refractivity contribution is 6.30. The van der Waals surface area contributed by atoms with Crippen LogP contribution in [0.3, 0.4) is 0 Å². The van der Waals surface area contributed by atoms with Crippen molar-refractivity contribution < 1.29 is 14.7 Å². The molecule has 0 heterocycles. The number of hydrogen-bond donors (Lipinski definition) is 2. The Hall–Kier alpha value is -1.75. The summed E-state index contributed by atoms with van der Waals surface area (Å²) >= 11 is 5.79. The Balaban J connectivity index is 2.43. The number of carboxylic acids is 1. The van der Waals surface area contributed by atoms with Gasteiger partial charge in [0.15, 0.2) is 0 Å². The second-order valence-corrected chi connectivity index (χ2v) is 4.92. The van der Waals surface area contributed by atoms with Gasteiger partial charge in [-0.1, -0.05) is 30.7 Å². The minimum atomic E-state index is -0.997. The largest absolute Gasteiger partial charge is 0.480 e. The number of aliphatic carboxylic acids is 1. The standard InChI is InChI=1S/C14H19ClN2O3/c1-3-12(13(18)19)17(2)14(20)16-9-8-10-4-6-11(15)7-5-10/h4-7,12H,3,8-9H2,1-2H3,(H,16,20)(H,18,19). The molecule has 0 radical (unpaired) electrons. The molecule has 0 bridgehead atoms. The fraction of sp³-hybridized carbons (Fsp3) is 0.429. The molecule has 0 aliphatic rings. The van der Waals surface area contributed by atoms with Gasteiger partial charge in [-0.25, -0.2) is 9.59 Å². The lowest BCUT2D eigenvalue weighted by Gasteiger charge is -2.24. The quantitative estimate of drug-likeness (QED) is 0.847. The van der Waals surface area contributed by atoms with E-state index in [-0.39, 0.29) is 6.03 Å². The van der Waals surface area contributed by atoms with Crippen LogP contribution in [0.25, 0.3) is 0 Å². The highest BCUT2D eigenvalue weighted by Gasteiger charge is 2.24. The molecule has 1 aromatic rings. The number of halogens is 1. The average Bonchev–Trinajstić information content (AvgIpc) is 2.41. The molecule has 0 fully saturated rings. The molecule has 5 nitrogen and oxygen atoms in total. The Morgan fingerprint density at radius 1 is 1.35 bits per heavy atom. The van der Waals surface area contributed by atoms with E-state index in [1.807, 2.05) is 12.1 Å². The molecule has 0 saturated carbocycles. The molecule has 1 rings (SSSR count). The fourth-order valence-electron chi connectivity index (χ4n) is 1.85. The molecule has 1 atom stereocenters. The number of nitrogens with one attached hydrogen (secondary N) is 1. The molecule has 0 aliphatic carbocycles. The number of carboxylic acid groups (broad SMARTS) is 1. The van der Waals surface area contributed by atoms with Gasteiger partial charge in [0.2, 0.25) is 0 Å². The number of amides is 2. The van der Waals surface area contributed by atoms with Crippen LogP contribution in [0.15, 0.2) is 24.3 Å². The van der Waals surface area contributed by atoms with Crippen LogP contribution in [0, 0.1) is 0 Å². The summed E-state index contributed by atoms with van der Waals surface area (Å²) in [5, 5.41) is 12.4. The summed E-state index contributed by atoms with van der Waals surface area (Å²) < 4.78 is 0. The van der Waals surface area contributed by atoms with Crippen LogP contribution in [0.4, 0.5) is 4.79 Å². The maximum atomic E-state index is 11.8. The van der Waals surface area contributed by atoms with Crippen molar-refractivity contribution in [1.29, 1.82) is 0 Å². The first kappa shape index (κ1) is 16.3. The number of carbonyl (C=O) groups is 2. The SMILES string of the molecule is CCC(C(=O)O)N(C)C(=O)NCCc1ccc(Cl)cc1. The van der Waals surface area contributed by atoms with Crippen molar-refractivity contribution in [2.24, 2.45) is 0 Å². The normalized spacial score (nSPS) is 11.8. The second-order valence-electron chi connectivity index (χ2n) is 4.48. The fourth-order valence-corrected chi connectivity index (χ4v) is 1.97. The number of likely N-dealkylation sites (N-methyl/N-ethyl adjacent to an activating group) is 1. The highest BCUT2D eigenvalue weighted by Crippen LogP contribution is 2.09. The number of rotatable bonds is 6. The summed E-state index contributed by atoms with van der Waals surface area (Å²) in [5.74, 6) is -0.997. The van der Waals surface area contributed by atoms with E-state index in [0.717, 1.165) is 5.56 Å². The lowest BCUT2D eigenvalue weighted by atomic mass is 10.1. The molecule has 2 N–H and O–H groups in total. The van der Waals surface area contributed by atoms with Gasteiger partial charge in [-0.2, -0.15) is 0 Å². The number of nitrogens with zero attached hydrogens (tertiary/aromatic N) is 1. The zero-order valence-corrected chi connectivity index (χ0v) is 12.4. The highest BCUT2D eigenvalue weighted by atomic mass is 35.5. The van der Waals surface area contributed by atoms with E-state index in [4.69, 9.17) is 16.7 Å². The summed E-state index contributed by atoms with van der Waals surface area (Å²) in [4.78, 5) is 24.0. The van der Waals surface area contributed by atoms with Crippen molar-refractivity contribution in [2.45, 2.75) is 25.8 Å². The van der Waals surface area contributed by atoms with Crippen molar-refractivity contribution in [1.82, 2.24) is 10.2 Å². The van der Waals surface area contributed by atoms with Gasteiger partial charge < -0.3 is 15.3 Å². The molecule has 1 unspecified atom stereocenters. The molecule has 0 aromatic heterocycles. The third-order valence-electron chi connectivity index (χ3n) is 3.06. The van der Waals surface area contributed by atoms with Gasteiger partial charge in [0.05, 0.1) is 0 Å². The zero-order chi connectivity index (χ0) is 15.1. The molecule has 2 amide bonds. The van der Waals surface area contributed by atoms with Crippen LogP contribution >= 0.6 is 11.6 Å². The molecular weight excluding hydrogens is 280 g/mol. The van der Waals surface area contributed by atoms with Gasteiger partial charge in [0, 0.05) is 18.6 Å².